The number of dihydropyridines is 1. The van der Waals surface area contributed by atoms with E-state index in [0.29, 0.717) is 39.1 Å². The molecule has 1 amide bonds. The summed E-state index contributed by atoms with van der Waals surface area (Å²) in [5.41, 5.74) is 4.24. The molecule has 0 spiro atoms. The Morgan fingerprint density at radius 1 is 1.12 bits per heavy atom. The largest absolute Gasteiger partial charge is 0.362 e. The number of nitrogens with zero attached hydrogens (tertiary/aromatic N) is 1. The molecule has 2 aromatic rings. The van der Waals surface area contributed by atoms with E-state index >= 15 is 0 Å². The van der Waals surface area contributed by atoms with Crippen LogP contribution in [0.4, 0.5) is 5.82 Å². The van der Waals surface area contributed by atoms with E-state index in [-0.39, 0.29) is 17.1 Å². The van der Waals surface area contributed by atoms with Crippen molar-refractivity contribution in [3.05, 3.63) is 80.2 Å². The van der Waals surface area contributed by atoms with Gasteiger partial charge in [0.2, 0.25) is 0 Å². The standard InChI is InChI=1S/C25H25Cl2N3O2/c1-13-7-8-28-20(9-13)30-24(32)21-14(2)29-18-11-25(3,4)12-19(31)23(18)22(21)15-5-6-16(26)17(27)10-15/h5-10,22,29H,11-12H2,1-4H3,(H,28,30,32). The van der Waals surface area contributed by atoms with Crippen LogP contribution in [0.15, 0.2) is 59.1 Å². The zero-order valence-electron chi connectivity index (χ0n) is 18.5. The average Bonchev–Trinajstić information content (AvgIpc) is 2.68. The van der Waals surface area contributed by atoms with E-state index in [9.17, 15) is 9.59 Å². The summed E-state index contributed by atoms with van der Waals surface area (Å²) < 4.78 is 0. The number of halogens is 2. The topological polar surface area (TPSA) is 71.1 Å². The molecule has 1 unspecified atom stereocenters. The zero-order valence-corrected chi connectivity index (χ0v) is 20.0. The maximum atomic E-state index is 13.5. The quantitative estimate of drug-likeness (QED) is 0.583. The maximum absolute atomic E-state index is 13.5. The zero-order chi connectivity index (χ0) is 23.2. The molecule has 2 N–H and O–H groups in total. The molecule has 0 bridgehead atoms. The summed E-state index contributed by atoms with van der Waals surface area (Å²) in [6.07, 6.45) is 2.78. The van der Waals surface area contributed by atoms with Gasteiger partial charge in [-0.25, -0.2) is 4.98 Å². The Kier molecular flexibility index (Phi) is 5.91. The van der Waals surface area contributed by atoms with Gasteiger partial charge in [0, 0.05) is 41.1 Å². The first-order chi connectivity index (χ1) is 15.1. The molecule has 0 fully saturated rings. The van der Waals surface area contributed by atoms with Crippen LogP contribution in [0.2, 0.25) is 10.0 Å². The molecule has 166 valence electrons. The van der Waals surface area contributed by atoms with Crippen molar-refractivity contribution in [2.24, 2.45) is 5.41 Å². The number of pyridine rings is 1. The molecule has 1 aliphatic carbocycles. The van der Waals surface area contributed by atoms with E-state index in [4.69, 9.17) is 23.2 Å². The second-order valence-corrected chi connectivity index (χ2v) is 10.1. The lowest BCUT2D eigenvalue weighted by atomic mass is 9.68. The third-order valence-electron chi connectivity index (χ3n) is 5.92. The number of aryl methyl sites for hydroxylation is 1. The first kappa shape index (κ1) is 22.6. The number of hydrogen-bond acceptors (Lipinski definition) is 4. The summed E-state index contributed by atoms with van der Waals surface area (Å²) in [6.45, 7) is 7.95. The van der Waals surface area contributed by atoms with E-state index in [0.717, 1.165) is 23.2 Å². The number of benzene rings is 1. The summed E-state index contributed by atoms with van der Waals surface area (Å²) in [7, 11) is 0. The minimum Gasteiger partial charge on any atom is -0.362 e. The number of hydrogen-bond donors (Lipinski definition) is 2. The number of anilines is 1. The highest BCUT2D eigenvalue weighted by Gasteiger charge is 2.42. The Balaban J connectivity index is 1.83. The van der Waals surface area contributed by atoms with E-state index in [1.165, 1.54) is 0 Å². The Morgan fingerprint density at radius 3 is 2.56 bits per heavy atom. The summed E-state index contributed by atoms with van der Waals surface area (Å²) in [5.74, 6) is -0.367. The highest BCUT2D eigenvalue weighted by Crippen LogP contribution is 2.47. The second kappa shape index (κ2) is 8.38. The van der Waals surface area contributed by atoms with Gasteiger partial charge in [-0.2, -0.15) is 0 Å². The fraction of sp³-hybridized carbons (Fsp3) is 0.320. The molecule has 1 atom stereocenters. The Hall–Kier alpha value is -2.63. The van der Waals surface area contributed by atoms with Gasteiger partial charge in [-0.05, 0) is 61.1 Å². The van der Waals surface area contributed by atoms with Crippen molar-refractivity contribution in [2.75, 3.05) is 5.32 Å². The number of rotatable bonds is 3. The third kappa shape index (κ3) is 4.32. The molecule has 32 heavy (non-hydrogen) atoms. The van der Waals surface area contributed by atoms with Gasteiger partial charge in [-0.3, -0.25) is 9.59 Å². The van der Waals surface area contributed by atoms with E-state index in [1.807, 2.05) is 26.0 Å². The summed E-state index contributed by atoms with van der Waals surface area (Å²) >= 11 is 12.5. The fourth-order valence-electron chi connectivity index (χ4n) is 4.55. The molecule has 1 aromatic carbocycles. The number of carbonyl (C=O) groups excluding carboxylic acids is 2. The van der Waals surface area contributed by atoms with Crippen LogP contribution in [-0.2, 0) is 9.59 Å². The van der Waals surface area contributed by atoms with E-state index < -0.39 is 5.92 Å². The lowest BCUT2D eigenvalue weighted by Gasteiger charge is -2.39. The Labute approximate surface area is 197 Å². The number of allylic oxidation sites excluding steroid dienone is 3. The molecule has 1 aliphatic heterocycles. The van der Waals surface area contributed by atoms with Gasteiger partial charge in [0.1, 0.15) is 5.82 Å². The van der Waals surface area contributed by atoms with Crippen molar-refractivity contribution in [3.63, 3.8) is 0 Å². The molecule has 1 aromatic heterocycles. The van der Waals surface area contributed by atoms with Crippen molar-refractivity contribution in [1.82, 2.24) is 10.3 Å². The smallest absolute Gasteiger partial charge is 0.255 e. The van der Waals surface area contributed by atoms with Gasteiger partial charge in [0.05, 0.1) is 10.0 Å². The average molecular weight is 470 g/mol. The van der Waals surface area contributed by atoms with Gasteiger partial charge in [-0.1, -0.05) is 43.1 Å². The summed E-state index contributed by atoms with van der Waals surface area (Å²) in [6, 6.07) is 8.93. The van der Waals surface area contributed by atoms with Crippen LogP contribution in [0, 0.1) is 12.3 Å². The molecule has 5 nitrogen and oxygen atoms in total. The van der Waals surface area contributed by atoms with Crippen LogP contribution >= 0.6 is 23.2 Å². The number of amides is 1. The van der Waals surface area contributed by atoms with E-state index in [2.05, 4.69) is 29.5 Å². The fourth-order valence-corrected chi connectivity index (χ4v) is 4.86. The molecular weight excluding hydrogens is 445 g/mol. The van der Waals surface area contributed by atoms with Crippen molar-refractivity contribution < 1.29 is 9.59 Å². The summed E-state index contributed by atoms with van der Waals surface area (Å²) in [4.78, 5) is 31.1. The van der Waals surface area contributed by atoms with Crippen molar-refractivity contribution in [3.8, 4) is 0 Å². The molecule has 4 rings (SSSR count). The second-order valence-electron chi connectivity index (χ2n) is 9.28. The van der Waals surface area contributed by atoms with Gasteiger partial charge in [0.15, 0.2) is 5.78 Å². The third-order valence-corrected chi connectivity index (χ3v) is 6.66. The molecule has 0 saturated heterocycles. The summed E-state index contributed by atoms with van der Waals surface area (Å²) in [5, 5.41) is 7.05. The minimum absolute atomic E-state index is 0.0336. The molecule has 2 heterocycles. The first-order valence-corrected chi connectivity index (χ1v) is 11.2. The van der Waals surface area contributed by atoms with Gasteiger partial charge in [0.25, 0.3) is 5.91 Å². The van der Waals surface area contributed by atoms with Crippen molar-refractivity contribution in [2.45, 2.75) is 46.5 Å². The normalized spacial score (nSPS) is 20.1. The molecule has 0 radical (unpaired) electrons. The van der Waals surface area contributed by atoms with Gasteiger partial charge < -0.3 is 10.6 Å². The van der Waals surface area contributed by atoms with Crippen LogP contribution in [-0.4, -0.2) is 16.7 Å². The highest BCUT2D eigenvalue weighted by molar-refractivity contribution is 6.42. The minimum atomic E-state index is -0.547. The Bertz CT molecular complexity index is 1200. The molecular formula is C25H25Cl2N3O2. The lowest BCUT2D eigenvalue weighted by molar-refractivity contribution is -0.118. The molecule has 2 aliphatic rings. The molecule has 0 saturated carbocycles. The number of Topliss-reactive ketones (excluding diaryl/α,β-unsaturated/α-hetero) is 1. The van der Waals surface area contributed by atoms with Crippen LogP contribution < -0.4 is 10.6 Å². The van der Waals surface area contributed by atoms with Crippen molar-refractivity contribution >= 4 is 40.7 Å². The van der Waals surface area contributed by atoms with Gasteiger partial charge >= 0.3 is 0 Å². The monoisotopic (exact) mass is 469 g/mol. The van der Waals surface area contributed by atoms with Gasteiger partial charge in [-0.15, -0.1) is 0 Å². The predicted molar refractivity (Wildman–Crippen MR) is 128 cm³/mol. The maximum Gasteiger partial charge on any atom is 0.255 e. The number of carbonyl (C=O) groups is 2. The lowest BCUT2D eigenvalue weighted by Crippen LogP contribution is -2.39. The van der Waals surface area contributed by atoms with E-state index in [1.54, 1.807) is 24.4 Å². The van der Waals surface area contributed by atoms with Crippen LogP contribution in [0.25, 0.3) is 0 Å². The first-order valence-electron chi connectivity index (χ1n) is 10.5. The highest BCUT2D eigenvalue weighted by atomic mass is 35.5. The predicted octanol–water partition coefficient (Wildman–Crippen LogP) is 5.94. The number of aromatic nitrogens is 1. The molecule has 7 heteroatoms. The van der Waals surface area contributed by atoms with Crippen LogP contribution in [0.1, 0.15) is 50.7 Å². The SMILES string of the molecule is CC1=C(C(=O)Nc2cc(C)ccn2)C(c2ccc(Cl)c(Cl)c2)C2=C(CC(C)(C)CC2=O)N1. The van der Waals surface area contributed by atoms with Crippen molar-refractivity contribution in [1.29, 1.82) is 0 Å². The Morgan fingerprint density at radius 2 is 1.88 bits per heavy atom. The van der Waals surface area contributed by atoms with Crippen LogP contribution in [0.3, 0.4) is 0 Å². The van der Waals surface area contributed by atoms with Crippen LogP contribution in [0.5, 0.6) is 0 Å². The number of nitrogens with one attached hydrogen (secondary N) is 2. The number of ketones is 1.